The number of carbonyl (C=O) groups excluding carboxylic acids is 1. The minimum Gasteiger partial charge on any atom is -0.491 e. The topological polar surface area (TPSA) is 72.4 Å². The van der Waals surface area contributed by atoms with Gasteiger partial charge in [0.1, 0.15) is 25.0 Å². The lowest BCUT2D eigenvalue weighted by atomic mass is 9.99. The quantitative estimate of drug-likeness (QED) is 0.572. The van der Waals surface area contributed by atoms with Gasteiger partial charge in [0.05, 0.1) is 19.2 Å². The van der Waals surface area contributed by atoms with E-state index in [4.69, 9.17) is 4.74 Å². The molecule has 0 saturated heterocycles. The molecule has 0 aromatic heterocycles. The van der Waals surface area contributed by atoms with E-state index in [2.05, 4.69) is 23.9 Å². The zero-order chi connectivity index (χ0) is 17.8. The van der Waals surface area contributed by atoms with Crippen LogP contribution in [-0.4, -0.2) is 44.0 Å². The first-order valence-corrected chi connectivity index (χ1v) is 8.91. The van der Waals surface area contributed by atoms with Gasteiger partial charge in [-0.25, -0.2) is 4.79 Å². The van der Waals surface area contributed by atoms with E-state index in [-0.39, 0.29) is 6.61 Å². The van der Waals surface area contributed by atoms with Crippen LogP contribution in [0.1, 0.15) is 49.9 Å². The van der Waals surface area contributed by atoms with Gasteiger partial charge in [-0.15, -0.1) is 0 Å². The van der Waals surface area contributed by atoms with Crippen LogP contribution in [0.2, 0.25) is 0 Å². The van der Waals surface area contributed by atoms with E-state index in [1.807, 2.05) is 0 Å². The summed E-state index contributed by atoms with van der Waals surface area (Å²) in [5.41, 5.74) is 0.442. The average molecular weight is 338 g/mol. The number of carbonyl (C=O) groups is 1. The van der Waals surface area contributed by atoms with E-state index in [1.54, 1.807) is 24.3 Å². The van der Waals surface area contributed by atoms with Crippen molar-refractivity contribution in [2.75, 3.05) is 26.8 Å². The Kier molecular flexibility index (Phi) is 10.1. The fraction of sp³-hybridized carbons (Fsp3) is 0.632. The summed E-state index contributed by atoms with van der Waals surface area (Å²) in [6.07, 6.45) is 4.42. The first kappa shape index (κ1) is 20.5. The highest BCUT2D eigenvalue weighted by atomic mass is 16.5. The molecule has 1 aromatic rings. The first-order chi connectivity index (χ1) is 11.6. The maximum absolute atomic E-state index is 11.5. The van der Waals surface area contributed by atoms with Crippen LogP contribution in [0, 0.1) is 5.92 Å². The fourth-order valence-electron chi connectivity index (χ4n) is 2.60. The van der Waals surface area contributed by atoms with Crippen molar-refractivity contribution in [1.29, 1.82) is 0 Å². The van der Waals surface area contributed by atoms with Crippen molar-refractivity contribution >= 4 is 5.97 Å². The molecular weight excluding hydrogens is 306 g/mol. The Morgan fingerprint density at radius 3 is 2.75 bits per heavy atom. The molecule has 3 N–H and O–H groups in total. The molecule has 24 heavy (non-hydrogen) atoms. The number of esters is 1. The number of nitrogens with two attached hydrogens (primary N) is 1. The molecule has 0 amide bonds. The van der Waals surface area contributed by atoms with Crippen molar-refractivity contribution in [3.05, 3.63) is 29.8 Å². The van der Waals surface area contributed by atoms with Gasteiger partial charge < -0.3 is 19.9 Å². The smallest absolute Gasteiger partial charge is 0.337 e. The summed E-state index contributed by atoms with van der Waals surface area (Å²) < 4.78 is 10.3. The molecule has 5 nitrogen and oxygen atoms in total. The lowest BCUT2D eigenvalue weighted by Crippen LogP contribution is -2.87. The van der Waals surface area contributed by atoms with Crippen LogP contribution in [0.5, 0.6) is 5.75 Å². The summed E-state index contributed by atoms with van der Waals surface area (Å²) in [7, 11) is 1.35. The van der Waals surface area contributed by atoms with Crippen LogP contribution in [0.3, 0.4) is 0 Å². The number of benzene rings is 1. The molecule has 1 rings (SSSR count). The standard InChI is InChI=1S/C19H31NO4/c1-4-6-8-15(5-2)12-20-13-17(21)14-24-18-10-7-9-16(11-18)19(22)23-3/h7,9-11,15,17,20-21H,4-6,8,12-14H2,1-3H3/p+1/t15-,17-/m0/s1. The van der Waals surface area contributed by atoms with Gasteiger partial charge in [-0.05, 0) is 31.0 Å². The first-order valence-electron chi connectivity index (χ1n) is 8.91. The van der Waals surface area contributed by atoms with E-state index in [0.717, 1.165) is 12.5 Å². The predicted molar refractivity (Wildman–Crippen MR) is 94.2 cm³/mol. The van der Waals surface area contributed by atoms with Crippen LogP contribution in [0.4, 0.5) is 0 Å². The number of methoxy groups -OCH3 is 1. The van der Waals surface area contributed by atoms with Gasteiger partial charge in [-0.1, -0.05) is 32.8 Å². The van der Waals surface area contributed by atoms with E-state index < -0.39 is 12.1 Å². The second kappa shape index (κ2) is 11.9. The molecule has 0 saturated carbocycles. The van der Waals surface area contributed by atoms with Gasteiger partial charge in [0.15, 0.2) is 0 Å². The lowest BCUT2D eigenvalue weighted by Gasteiger charge is -2.15. The fourth-order valence-corrected chi connectivity index (χ4v) is 2.60. The minimum atomic E-state index is -0.532. The molecule has 0 heterocycles. The summed E-state index contributed by atoms with van der Waals surface area (Å²) in [5, 5.41) is 12.2. The second-order valence-electron chi connectivity index (χ2n) is 6.16. The molecule has 2 atom stereocenters. The summed E-state index contributed by atoms with van der Waals surface area (Å²) in [6.45, 7) is 6.33. The Balaban J connectivity index is 2.30. The molecule has 0 aliphatic heterocycles. The van der Waals surface area contributed by atoms with E-state index in [9.17, 15) is 9.90 Å². The summed E-state index contributed by atoms with van der Waals surface area (Å²) >= 11 is 0. The Morgan fingerprint density at radius 2 is 2.08 bits per heavy atom. The van der Waals surface area contributed by atoms with Crippen LogP contribution in [0.25, 0.3) is 0 Å². The summed E-state index contributed by atoms with van der Waals surface area (Å²) in [6, 6.07) is 6.80. The third kappa shape index (κ3) is 7.79. The molecule has 1 aromatic carbocycles. The number of aliphatic hydroxyl groups excluding tert-OH is 1. The highest BCUT2D eigenvalue weighted by molar-refractivity contribution is 5.89. The van der Waals surface area contributed by atoms with Crippen molar-refractivity contribution in [3.8, 4) is 5.75 Å². The molecule has 0 spiro atoms. The highest BCUT2D eigenvalue weighted by Gasteiger charge is 2.12. The zero-order valence-electron chi connectivity index (χ0n) is 15.2. The number of aliphatic hydroxyl groups is 1. The van der Waals surface area contributed by atoms with Crippen LogP contribution in [0.15, 0.2) is 24.3 Å². The third-order valence-corrected chi connectivity index (χ3v) is 4.18. The van der Waals surface area contributed by atoms with Gasteiger partial charge in [-0.2, -0.15) is 0 Å². The molecule has 136 valence electrons. The Morgan fingerprint density at radius 1 is 1.29 bits per heavy atom. The summed E-state index contributed by atoms with van der Waals surface area (Å²) in [4.78, 5) is 11.5. The van der Waals surface area contributed by atoms with Crippen molar-refractivity contribution in [3.63, 3.8) is 0 Å². The van der Waals surface area contributed by atoms with Crippen molar-refractivity contribution < 1.29 is 24.7 Å². The van der Waals surface area contributed by atoms with Gasteiger partial charge >= 0.3 is 5.97 Å². The number of unbranched alkanes of at least 4 members (excludes halogenated alkanes) is 1. The van der Waals surface area contributed by atoms with Gasteiger partial charge in [0.25, 0.3) is 0 Å². The molecule has 0 aliphatic carbocycles. The van der Waals surface area contributed by atoms with Gasteiger partial charge in [0.2, 0.25) is 0 Å². The third-order valence-electron chi connectivity index (χ3n) is 4.18. The van der Waals surface area contributed by atoms with Crippen molar-refractivity contribution in [2.45, 2.75) is 45.6 Å². The Hall–Kier alpha value is -1.59. The maximum Gasteiger partial charge on any atom is 0.337 e. The Labute approximate surface area is 145 Å². The van der Waals surface area contributed by atoms with Gasteiger partial charge in [0, 0.05) is 5.92 Å². The SMILES string of the molecule is CCCC[C@H](CC)C[NH2+]C[C@H](O)COc1cccc(C(=O)OC)c1. The van der Waals surface area contributed by atoms with E-state index in [1.165, 1.54) is 32.8 Å². The number of ether oxygens (including phenoxy) is 2. The summed E-state index contributed by atoms with van der Waals surface area (Å²) in [5.74, 6) is 0.883. The van der Waals surface area contributed by atoms with Crippen LogP contribution in [-0.2, 0) is 4.74 Å². The van der Waals surface area contributed by atoms with E-state index in [0.29, 0.717) is 17.9 Å². The average Bonchev–Trinajstić information content (AvgIpc) is 2.62. The molecule has 0 fully saturated rings. The minimum absolute atomic E-state index is 0.215. The lowest BCUT2D eigenvalue weighted by molar-refractivity contribution is -0.666. The number of rotatable bonds is 12. The van der Waals surface area contributed by atoms with Crippen molar-refractivity contribution in [2.24, 2.45) is 5.92 Å². The molecule has 0 bridgehead atoms. The number of hydrogen-bond donors (Lipinski definition) is 2. The molecule has 0 aliphatic rings. The zero-order valence-corrected chi connectivity index (χ0v) is 15.2. The van der Waals surface area contributed by atoms with Crippen molar-refractivity contribution in [1.82, 2.24) is 0 Å². The predicted octanol–water partition coefficient (Wildman–Crippen LogP) is 1.99. The molecule has 5 heteroatoms. The van der Waals surface area contributed by atoms with Crippen LogP contribution < -0.4 is 10.1 Å². The maximum atomic E-state index is 11.5. The molecule has 0 unspecified atom stereocenters. The molecular formula is C19H32NO4+. The highest BCUT2D eigenvalue weighted by Crippen LogP contribution is 2.14. The molecule has 0 radical (unpaired) electrons. The van der Waals surface area contributed by atoms with E-state index >= 15 is 0 Å². The number of hydrogen-bond acceptors (Lipinski definition) is 4. The largest absolute Gasteiger partial charge is 0.491 e. The van der Waals surface area contributed by atoms with Gasteiger partial charge in [-0.3, -0.25) is 0 Å². The van der Waals surface area contributed by atoms with Crippen LogP contribution >= 0.6 is 0 Å². The Bertz CT molecular complexity index is 478. The normalized spacial score (nSPS) is 13.3. The number of quaternary nitrogens is 1. The second-order valence-corrected chi connectivity index (χ2v) is 6.16. The monoisotopic (exact) mass is 338 g/mol.